The molecule has 0 aliphatic rings. The summed E-state index contributed by atoms with van der Waals surface area (Å²) >= 11 is 0. The van der Waals surface area contributed by atoms with Gasteiger partial charge in [-0.25, -0.2) is 4.39 Å². The van der Waals surface area contributed by atoms with E-state index in [0.29, 0.717) is 11.5 Å². The van der Waals surface area contributed by atoms with Crippen molar-refractivity contribution in [2.45, 2.75) is 26.2 Å². The van der Waals surface area contributed by atoms with Gasteiger partial charge in [0.2, 0.25) is 0 Å². The van der Waals surface area contributed by atoms with Crippen LogP contribution in [-0.4, -0.2) is 11.7 Å². The van der Waals surface area contributed by atoms with Crippen LogP contribution in [0.5, 0.6) is 0 Å². The number of halogens is 1. The lowest BCUT2D eigenvalue weighted by Gasteiger charge is -2.21. The van der Waals surface area contributed by atoms with Crippen molar-refractivity contribution in [1.82, 2.24) is 0 Å². The second-order valence-electron chi connectivity index (χ2n) is 3.70. The monoisotopic (exact) mass is 196 g/mol. The third kappa shape index (κ3) is 2.32. The molecule has 0 aliphatic heterocycles. The third-order valence-corrected chi connectivity index (χ3v) is 2.83. The molecule has 0 spiro atoms. The van der Waals surface area contributed by atoms with Gasteiger partial charge in [-0.1, -0.05) is 38.5 Å². The molecule has 1 aromatic carbocycles. The van der Waals surface area contributed by atoms with Crippen LogP contribution < -0.4 is 0 Å². The first-order chi connectivity index (χ1) is 6.70. The molecule has 0 bridgehead atoms. The van der Waals surface area contributed by atoms with Crippen LogP contribution in [0.4, 0.5) is 4.39 Å². The molecule has 2 unspecified atom stereocenters. The maximum absolute atomic E-state index is 13.4. The van der Waals surface area contributed by atoms with Gasteiger partial charge in [0.1, 0.15) is 5.82 Å². The SMILES string of the molecule is CCC(C)C(CO)c1ccccc1F. The Labute approximate surface area is 84.6 Å². The average molecular weight is 196 g/mol. The molecule has 0 fully saturated rings. The highest BCUT2D eigenvalue weighted by atomic mass is 19.1. The molecule has 1 nitrogen and oxygen atoms in total. The van der Waals surface area contributed by atoms with E-state index in [2.05, 4.69) is 0 Å². The van der Waals surface area contributed by atoms with Crippen LogP contribution >= 0.6 is 0 Å². The smallest absolute Gasteiger partial charge is 0.126 e. The van der Waals surface area contributed by atoms with Crippen LogP contribution in [0.15, 0.2) is 24.3 Å². The van der Waals surface area contributed by atoms with Gasteiger partial charge >= 0.3 is 0 Å². The largest absolute Gasteiger partial charge is 0.396 e. The Bertz CT molecular complexity index is 285. The summed E-state index contributed by atoms with van der Waals surface area (Å²) in [5.74, 6) is 0.00458. The van der Waals surface area contributed by atoms with Crippen molar-refractivity contribution in [3.63, 3.8) is 0 Å². The Morgan fingerprint density at radius 3 is 2.50 bits per heavy atom. The van der Waals surface area contributed by atoms with Gasteiger partial charge in [-0.15, -0.1) is 0 Å². The van der Waals surface area contributed by atoms with Crippen molar-refractivity contribution in [2.75, 3.05) is 6.61 Å². The summed E-state index contributed by atoms with van der Waals surface area (Å²) in [5, 5.41) is 9.24. The molecule has 14 heavy (non-hydrogen) atoms. The summed E-state index contributed by atoms with van der Waals surface area (Å²) in [6.45, 7) is 4.09. The predicted molar refractivity (Wildman–Crippen MR) is 55.7 cm³/mol. The Hall–Kier alpha value is -0.890. The highest BCUT2D eigenvalue weighted by molar-refractivity contribution is 5.22. The highest BCUT2D eigenvalue weighted by Gasteiger charge is 2.19. The molecule has 1 rings (SSSR count). The molecule has 1 aromatic rings. The fourth-order valence-electron chi connectivity index (χ4n) is 1.65. The molecule has 2 heteroatoms. The van der Waals surface area contributed by atoms with E-state index in [1.807, 2.05) is 19.9 Å². The second kappa shape index (κ2) is 5.11. The zero-order valence-electron chi connectivity index (χ0n) is 8.70. The van der Waals surface area contributed by atoms with Gasteiger partial charge in [-0.3, -0.25) is 0 Å². The number of rotatable bonds is 4. The summed E-state index contributed by atoms with van der Waals surface area (Å²) in [6.07, 6.45) is 0.944. The minimum absolute atomic E-state index is 0.00986. The van der Waals surface area contributed by atoms with Crippen LogP contribution in [0.25, 0.3) is 0 Å². The molecular formula is C12H17FO. The van der Waals surface area contributed by atoms with Gasteiger partial charge in [-0.05, 0) is 17.5 Å². The first-order valence-electron chi connectivity index (χ1n) is 5.06. The van der Waals surface area contributed by atoms with E-state index >= 15 is 0 Å². The van der Waals surface area contributed by atoms with Crippen molar-refractivity contribution < 1.29 is 9.50 Å². The summed E-state index contributed by atoms with van der Waals surface area (Å²) in [4.78, 5) is 0. The molecule has 0 aromatic heterocycles. The van der Waals surface area contributed by atoms with Gasteiger partial charge in [0.15, 0.2) is 0 Å². The molecular weight excluding hydrogens is 179 g/mol. The third-order valence-electron chi connectivity index (χ3n) is 2.83. The lowest BCUT2D eigenvalue weighted by molar-refractivity contribution is 0.225. The molecule has 1 N–H and O–H groups in total. The van der Waals surface area contributed by atoms with Gasteiger partial charge < -0.3 is 5.11 Å². The molecule has 0 amide bonds. The van der Waals surface area contributed by atoms with Crippen molar-refractivity contribution in [1.29, 1.82) is 0 Å². The van der Waals surface area contributed by atoms with E-state index in [9.17, 15) is 9.50 Å². The first kappa shape index (κ1) is 11.2. The van der Waals surface area contributed by atoms with Gasteiger partial charge in [0, 0.05) is 5.92 Å². The predicted octanol–water partition coefficient (Wildman–Crippen LogP) is 2.95. The van der Waals surface area contributed by atoms with Crippen LogP contribution in [0, 0.1) is 11.7 Å². The lowest BCUT2D eigenvalue weighted by Crippen LogP contribution is -2.14. The zero-order valence-corrected chi connectivity index (χ0v) is 8.70. The summed E-state index contributed by atoms with van der Waals surface area (Å²) in [7, 11) is 0. The summed E-state index contributed by atoms with van der Waals surface area (Å²) in [5.41, 5.74) is 0.629. The maximum atomic E-state index is 13.4. The van der Waals surface area contributed by atoms with E-state index in [4.69, 9.17) is 0 Å². The van der Waals surface area contributed by atoms with Crippen LogP contribution in [0.1, 0.15) is 31.7 Å². The van der Waals surface area contributed by atoms with Gasteiger partial charge in [0.25, 0.3) is 0 Å². The number of hydrogen-bond acceptors (Lipinski definition) is 1. The van der Waals surface area contributed by atoms with Crippen LogP contribution in [0.3, 0.4) is 0 Å². The molecule has 0 heterocycles. The van der Waals surface area contributed by atoms with Crippen molar-refractivity contribution >= 4 is 0 Å². The molecule has 0 saturated heterocycles. The quantitative estimate of drug-likeness (QED) is 0.785. The lowest BCUT2D eigenvalue weighted by atomic mass is 9.86. The first-order valence-corrected chi connectivity index (χ1v) is 5.06. The van der Waals surface area contributed by atoms with E-state index < -0.39 is 0 Å². The standard InChI is InChI=1S/C12H17FO/c1-3-9(2)11(8-14)10-6-4-5-7-12(10)13/h4-7,9,11,14H,3,8H2,1-2H3. The van der Waals surface area contributed by atoms with Crippen LogP contribution in [-0.2, 0) is 0 Å². The molecule has 2 atom stereocenters. The zero-order chi connectivity index (χ0) is 10.6. The number of hydrogen-bond donors (Lipinski definition) is 1. The topological polar surface area (TPSA) is 20.2 Å². The van der Waals surface area contributed by atoms with E-state index in [-0.39, 0.29) is 18.3 Å². The number of aliphatic hydroxyl groups is 1. The Kier molecular flexibility index (Phi) is 4.08. The second-order valence-corrected chi connectivity index (χ2v) is 3.70. The van der Waals surface area contributed by atoms with Gasteiger partial charge in [-0.2, -0.15) is 0 Å². The molecule has 0 radical (unpaired) electrons. The van der Waals surface area contributed by atoms with Crippen molar-refractivity contribution in [2.24, 2.45) is 5.92 Å². The van der Waals surface area contributed by atoms with E-state index in [1.165, 1.54) is 6.07 Å². The fourth-order valence-corrected chi connectivity index (χ4v) is 1.65. The highest BCUT2D eigenvalue weighted by Crippen LogP contribution is 2.27. The Morgan fingerprint density at radius 2 is 2.00 bits per heavy atom. The Balaban J connectivity index is 2.94. The molecule has 78 valence electrons. The molecule has 0 aliphatic carbocycles. The summed E-state index contributed by atoms with van der Waals surface area (Å²) in [6, 6.07) is 6.68. The fraction of sp³-hybridized carbons (Fsp3) is 0.500. The van der Waals surface area contributed by atoms with Crippen LogP contribution in [0.2, 0.25) is 0 Å². The number of benzene rings is 1. The summed E-state index contributed by atoms with van der Waals surface area (Å²) < 4.78 is 13.4. The maximum Gasteiger partial charge on any atom is 0.126 e. The number of aliphatic hydroxyl groups excluding tert-OH is 1. The van der Waals surface area contributed by atoms with E-state index in [1.54, 1.807) is 12.1 Å². The van der Waals surface area contributed by atoms with Crippen molar-refractivity contribution in [3.8, 4) is 0 Å². The average Bonchev–Trinajstić information content (AvgIpc) is 2.21. The Morgan fingerprint density at radius 1 is 1.36 bits per heavy atom. The van der Waals surface area contributed by atoms with Gasteiger partial charge in [0.05, 0.1) is 6.61 Å². The molecule has 0 saturated carbocycles. The minimum atomic E-state index is -0.216. The van der Waals surface area contributed by atoms with E-state index in [0.717, 1.165) is 6.42 Å². The van der Waals surface area contributed by atoms with Crippen molar-refractivity contribution in [3.05, 3.63) is 35.6 Å². The normalized spacial score (nSPS) is 15.1. The minimum Gasteiger partial charge on any atom is -0.396 e.